The molecule has 10 nitrogen and oxygen atoms in total. The number of methoxy groups -OCH3 is 2. The van der Waals surface area contributed by atoms with E-state index in [2.05, 4.69) is 10.5 Å². The third kappa shape index (κ3) is 8.21. The number of hydrogen-bond donors (Lipinski definition) is 1. The number of nitrogens with one attached hydrogen (secondary N) is 1. The number of carbonyl (C=O) groups is 1. The second-order valence-corrected chi connectivity index (χ2v) is 11.5. The summed E-state index contributed by atoms with van der Waals surface area (Å²) in [7, 11) is -1.22. The van der Waals surface area contributed by atoms with Crippen molar-refractivity contribution in [3.63, 3.8) is 0 Å². The molecule has 0 saturated carbocycles. The van der Waals surface area contributed by atoms with Gasteiger partial charge in [0.15, 0.2) is 23.0 Å². The molecule has 4 aromatic rings. The first-order valence-electron chi connectivity index (χ1n) is 13.5. The Balaban J connectivity index is 1.50. The maximum atomic E-state index is 13.6. The van der Waals surface area contributed by atoms with Crippen LogP contribution in [0.5, 0.6) is 23.0 Å². The summed E-state index contributed by atoms with van der Waals surface area (Å²) in [6.45, 7) is 2.04. The van der Waals surface area contributed by atoms with Crippen molar-refractivity contribution in [2.45, 2.75) is 18.4 Å². The van der Waals surface area contributed by atoms with Gasteiger partial charge in [0.2, 0.25) is 0 Å². The lowest BCUT2D eigenvalue weighted by Crippen LogP contribution is -2.39. The second-order valence-electron chi connectivity index (χ2n) is 9.21. The van der Waals surface area contributed by atoms with Gasteiger partial charge in [-0.25, -0.2) is 13.8 Å². The first-order valence-corrected chi connectivity index (χ1v) is 15.3. The van der Waals surface area contributed by atoms with Crippen molar-refractivity contribution in [2.75, 3.05) is 31.7 Å². The van der Waals surface area contributed by atoms with Gasteiger partial charge in [-0.05, 0) is 72.6 Å². The van der Waals surface area contributed by atoms with Crippen molar-refractivity contribution in [2.24, 2.45) is 5.10 Å². The van der Waals surface area contributed by atoms with Crippen molar-refractivity contribution in [1.29, 1.82) is 0 Å². The minimum Gasteiger partial charge on any atom is -0.493 e. The largest absolute Gasteiger partial charge is 0.493 e. The van der Waals surface area contributed by atoms with Crippen LogP contribution in [0.15, 0.2) is 101 Å². The summed E-state index contributed by atoms with van der Waals surface area (Å²) in [5.41, 5.74) is 4.19. The summed E-state index contributed by atoms with van der Waals surface area (Å²) in [6, 6.07) is 25.0. The topological polar surface area (TPSA) is 116 Å². The molecule has 0 atom stereocenters. The van der Waals surface area contributed by atoms with Crippen LogP contribution in [0.1, 0.15) is 18.1 Å². The van der Waals surface area contributed by atoms with Gasteiger partial charge in [-0.2, -0.15) is 5.10 Å². The van der Waals surface area contributed by atoms with E-state index < -0.39 is 22.5 Å². The summed E-state index contributed by atoms with van der Waals surface area (Å²) in [5.74, 6) is 1.10. The maximum Gasteiger partial charge on any atom is 0.264 e. The summed E-state index contributed by atoms with van der Waals surface area (Å²) < 4.78 is 50.5. The van der Waals surface area contributed by atoms with Gasteiger partial charge in [-0.15, -0.1) is 0 Å². The van der Waals surface area contributed by atoms with Crippen LogP contribution in [0.4, 0.5) is 5.69 Å². The average molecular weight is 638 g/mol. The zero-order valence-electron chi connectivity index (χ0n) is 24.4. The monoisotopic (exact) mass is 637 g/mol. The lowest BCUT2D eigenvalue weighted by molar-refractivity contribution is -0.119. The van der Waals surface area contributed by atoms with Crippen LogP contribution in [0, 0.1) is 0 Å². The van der Waals surface area contributed by atoms with Gasteiger partial charge < -0.3 is 18.9 Å². The van der Waals surface area contributed by atoms with E-state index in [1.807, 2.05) is 19.1 Å². The predicted octanol–water partition coefficient (Wildman–Crippen LogP) is 5.68. The fraction of sp³-hybridized carbons (Fsp3) is 0.188. The van der Waals surface area contributed by atoms with Gasteiger partial charge in [0, 0.05) is 11.1 Å². The molecule has 0 aliphatic rings. The lowest BCUT2D eigenvalue weighted by Gasteiger charge is -2.24. The number of benzene rings is 4. The molecule has 0 aliphatic heterocycles. The highest BCUT2D eigenvalue weighted by atomic mass is 35.5. The van der Waals surface area contributed by atoms with Crippen molar-refractivity contribution in [1.82, 2.24) is 5.43 Å². The number of hydrazone groups is 1. The molecule has 0 saturated heterocycles. The molecule has 0 aromatic heterocycles. The molecule has 0 aliphatic carbocycles. The van der Waals surface area contributed by atoms with E-state index >= 15 is 0 Å². The van der Waals surface area contributed by atoms with E-state index in [-0.39, 0.29) is 10.6 Å². The first-order chi connectivity index (χ1) is 21.2. The molecule has 0 spiro atoms. The van der Waals surface area contributed by atoms with Gasteiger partial charge in [0.25, 0.3) is 15.9 Å². The Morgan fingerprint density at radius 3 is 2.25 bits per heavy atom. The molecule has 0 bridgehead atoms. The van der Waals surface area contributed by atoms with Gasteiger partial charge >= 0.3 is 0 Å². The lowest BCUT2D eigenvalue weighted by atomic mass is 10.2. The Bertz CT molecular complexity index is 1700. The standard InChI is InChI=1S/C32H32ClN3O7S/c1-4-42-31-18-24(12-16-29(31)43-22-23-10-13-25(33)14-11-23)20-34-35-32(37)21-36(44(38,39)27-8-6-5-7-9-27)26-15-17-28(40-2)30(19-26)41-3/h5-20H,4,21-22H2,1-3H3,(H,35,37)/b34-20-. The third-order valence-electron chi connectivity index (χ3n) is 6.25. The van der Waals surface area contributed by atoms with E-state index in [1.165, 1.54) is 44.7 Å². The second kappa shape index (κ2) is 15.1. The number of ether oxygens (including phenoxy) is 4. The molecule has 12 heteroatoms. The summed E-state index contributed by atoms with van der Waals surface area (Å²) in [4.78, 5) is 13.0. The SMILES string of the molecule is CCOc1cc(/C=N\NC(=O)CN(c2ccc(OC)c(OC)c2)S(=O)(=O)c2ccccc2)ccc1OCc1ccc(Cl)cc1. The molecular formula is C32H32ClN3O7S. The molecule has 0 unspecified atom stereocenters. The molecule has 0 radical (unpaired) electrons. The summed E-state index contributed by atoms with van der Waals surface area (Å²) >= 11 is 5.96. The molecule has 1 amide bonds. The zero-order valence-corrected chi connectivity index (χ0v) is 26.0. The highest BCUT2D eigenvalue weighted by Crippen LogP contribution is 2.34. The Kier molecular flexibility index (Phi) is 11.1. The minimum absolute atomic E-state index is 0.0212. The highest BCUT2D eigenvalue weighted by molar-refractivity contribution is 7.92. The van der Waals surface area contributed by atoms with E-state index in [0.29, 0.717) is 46.8 Å². The Morgan fingerprint density at radius 1 is 0.864 bits per heavy atom. The van der Waals surface area contributed by atoms with Crippen molar-refractivity contribution in [3.8, 4) is 23.0 Å². The minimum atomic E-state index is -4.13. The molecule has 44 heavy (non-hydrogen) atoms. The first kappa shape index (κ1) is 32.2. The predicted molar refractivity (Wildman–Crippen MR) is 170 cm³/mol. The number of carbonyl (C=O) groups excluding carboxylic acids is 1. The molecule has 4 aromatic carbocycles. The van der Waals surface area contributed by atoms with Crippen LogP contribution in [0.2, 0.25) is 5.02 Å². The van der Waals surface area contributed by atoms with E-state index in [4.69, 9.17) is 30.5 Å². The van der Waals surface area contributed by atoms with Crippen LogP contribution in [-0.2, 0) is 21.4 Å². The van der Waals surface area contributed by atoms with Crippen LogP contribution < -0.4 is 28.7 Å². The number of amides is 1. The van der Waals surface area contributed by atoms with Crippen molar-refractivity contribution >= 4 is 39.4 Å². The molecule has 230 valence electrons. The quantitative estimate of drug-likeness (QED) is 0.140. The number of hydrogen-bond acceptors (Lipinski definition) is 8. The number of rotatable bonds is 14. The van der Waals surface area contributed by atoms with Crippen molar-refractivity contribution < 1.29 is 32.2 Å². The van der Waals surface area contributed by atoms with Crippen molar-refractivity contribution in [3.05, 3.63) is 107 Å². The molecule has 0 fully saturated rings. The van der Waals surface area contributed by atoms with Crippen LogP contribution in [0.3, 0.4) is 0 Å². The van der Waals surface area contributed by atoms with E-state index in [1.54, 1.807) is 54.6 Å². The normalized spacial score (nSPS) is 11.2. The molecule has 0 heterocycles. The fourth-order valence-electron chi connectivity index (χ4n) is 4.09. The van der Waals surface area contributed by atoms with Gasteiger partial charge in [0.1, 0.15) is 13.2 Å². The molecule has 1 N–H and O–H groups in total. The summed E-state index contributed by atoms with van der Waals surface area (Å²) in [5, 5.41) is 4.68. The Morgan fingerprint density at radius 2 is 1.57 bits per heavy atom. The van der Waals surface area contributed by atoms with Crippen LogP contribution in [0.25, 0.3) is 0 Å². The fourth-order valence-corrected chi connectivity index (χ4v) is 5.65. The van der Waals surface area contributed by atoms with Crippen LogP contribution >= 0.6 is 11.6 Å². The van der Waals surface area contributed by atoms with Gasteiger partial charge in [-0.3, -0.25) is 9.10 Å². The third-order valence-corrected chi connectivity index (χ3v) is 8.29. The highest BCUT2D eigenvalue weighted by Gasteiger charge is 2.28. The zero-order chi connectivity index (χ0) is 31.5. The van der Waals surface area contributed by atoms with E-state index in [9.17, 15) is 13.2 Å². The van der Waals surface area contributed by atoms with Gasteiger partial charge in [-0.1, -0.05) is 41.9 Å². The molecule has 4 rings (SSSR count). The van der Waals surface area contributed by atoms with Crippen LogP contribution in [-0.4, -0.2) is 47.9 Å². The van der Waals surface area contributed by atoms with Gasteiger partial charge in [0.05, 0.1) is 37.6 Å². The number of nitrogens with zero attached hydrogens (tertiary/aromatic N) is 2. The Labute approximate surface area is 261 Å². The number of anilines is 1. The molecular weight excluding hydrogens is 606 g/mol. The average Bonchev–Trinajstić information content (AvgIpc) is 3.04. The number of halogens is 1. The van der Waals surface area contributed by atoms with E-state index in [0.717, 1.165) is 9.87 Å². The number of sulfonamides is 1. The Hall–Kier alpha value is -4.74. The smallest absolute Gasteiger partial charge is 0.264 e. The maximum absolute atomic E-state index is 13.6. The summed E-state index contributed by atoms with van der Waals surface area (Å²) in [6.07, 6.45) is 1.43.